The summed E-state index contributed by atoms with van der Waals surface area (Å²) in [6.07, 6.45) is 2.90. The van der Waals surface area contributed by atoms with Gasteiger partial charge >= 0.3 is 0 Å². The van der Waals surface area contributed by atoms with Crippen molar-refractivity contribution in [2.24, 2.45) is 0 Å². The zero-order chi connectivity index (χ0) is 19.0. The molecule has 1 aromatic carbocycles. The maximum atomic E-state index is 15.1. The molecule has 0 atom stereocenters. The van der Waals surface area contributed by atoms with E-state index < -0.39 is 23.0 Å². The van der Waals surface area contributed by atoms with E-state index in [4.69, 9.17) is 9.47 Å². The summed E-state index contributed by atoms with van der Waals surface area (Å²) in [5.74, 6) is -2.08. The Morgan fingerprint density at radius 2 is 2.07 bits per heavy atom. The summed E-state index contributed by atoms with van der Waals surface area (Å²) in [6, 6.07) is 4.08. The number of ketones is 1. The number of aromatic amines is 1. The largest absolute Gasteiger partial charge is 0.495 e. The molecule has 2 aromatic heterocycles. The van der Waals surface area contributed by atoms with Crippen LogP contribution in [0.5, 0.6) is 5.75 Å². The number of nitrogens with zero attached hydrogens (tertiary/aromatic N) is 2. The van der Waals surface area contributed by atoms with Crippen LogP contribution < -0.4 is 9.64 Å². The highest BCUT2D eigenvalue weighted by molar-refractivity contribution is 6.16. The van der Waals surface area contributed by atoms with Crippen molar-refractivity contribution in [2.75, 3.05) is 38.3 Å². The average Bonchev–Trinajstić information content (AvgIpc) is 3.11. The lowest BCUT2D eigenvalue weighted by Gasteiger charge is -2.29. The van der Waals surface area contributed by atoms with Crippen LogP contribution >= 0.6 is 0 Å². The summed E-state index contributed by atoms with van der Waals surface area (Å²) in [7, 11) is 1.47. The summed E-state index contributed by atoms with van der Waals surface area (Å²) >= 11 is 0. The third-order valence-electron chi connectivity index (χ3n) is 4.64. The van der Waals surface area contributed by atoms with Gasteiger partial charge in [-0.05, 0) is 18.2 Å². The summed E-state index contributed by atoms with van der Waals surface area (Å²) in [4.78, 5) is 21.7. The predicted octanol–water partition coefficient (Wildman–Crippen LogP) is 2.92. The van der Waals surface area contributed by atoms with Crippen molar-refractivity contribution in [3.63, 3.8) is 0 Å². The van der Waals surface area contributed by atoms with Gasteiger partial charge in [0.1, 0.15) is 17.2 Å². The number of ether oxygens (including phenoxy) is 2. The number of carbonyl (C=O) groups excluding carboxylic acids is 1. The molecule has 140 valence electrons. The number of pyridine rings is 1. The van der Waals surface area contributed by atoms with E-state index in [1.165, 1.54) is 25.6 Å². The Balaban J connectivity index is 1.80. The lowest BCUT2D eigenvalue weighted by atomic mass is 10.0. The Morgan fingerprint density at radius 1 is 1.30 bits per heavy atom. The first-order valence-corrected chi connectivity index (χ1v) is 8.46. The van der Waals surface area contributed by atoms with Crippen LogP contribution in [0, 0.1) is 11.6 Å². The van der Waals surface area contributed by atoms with Crippen LogP contribution in [0.15, 0.2) is 30.6 Å². The van der Waals surface area contributed by atoms with E-state index in [1.807, 2.05) is 0 Å². The number of rotatable bonds is 4. The van der Waals surface area contributed by atoms with E-state index in [0.29, 0.717) is 43.1 Å². The molecule has 0 bridgehead atoms. The normalized spacial score (nSPS) is 14.6. The number of aromatic nitrogens is 2. The predicted molar refractivity (Wildman–Crippen MR) is 95.5 cm³/mol. The van der Waals surface area contributed by atoms with Crippen molar-refractivity contribution >= 4 is 22.5 Å². The Bertz CT molecular complexity index is 1010. The number of fused-ring (bicyclic) bond motifs is 1. The van der Waals surface area contributed by atoms with Crippen LogP contribution in [-0.4, -0.2) is 49.2 Å². The summed E-state index contributed by atoms with van der Waals surface area (Å²) < 4.78 is 39.9. The van der Waals surface area contributed by atoms with Crippen LogP contribution in [0.2, 0.25) is 0 Å². The van der Waals surface area contributed by atoms with Crippen LogP contribution in [0.1, 0.15) is 15.9 Å². The number of hydrogen-bond acceptors (Lipinski definition) is 5. The Kier molecular flexibility index (Phi) is 4.49. The van der Waals surface area contributed by atoms with Gasteiger partial charge in [-0.2, -0.15) is 0 Å². The first kappa shape index (κ1) is 17.4. The molecule has 0 amide bonds. The zero-order valence-corrected chi connectivity index (χ0v) is 14.6. The van der Waals surface area contributed by atoms with Crippen molar-refractivity contribution < 1.29 is 23.0 Å². The van der Waals surface area contributed by atoms with Gasteiger partial charge in [-0.25, -0.2) is 13.8 Å². The van der Waals surface area contributed by atoms with Crippen molar-refractivity contribution in [3.05, 3.63) is 53.4 Å². The number of morpholine rings is 1. The fraction of sp³-hybridized carbons (Fsp3) is 0.263. The molecule has 1 aliphatic rings. The zero-order valence-electron chi connectivity index (χ0n) is 14.6. The number of nitrogens with one attached hydrogen (secondary N) is 1. The highest BCUT2D eigenvalue weighted by Crippen LogP contribution is 2.30. The fourth-order valence-electron chi connectivity index (χ4n) is 3.22. The van der Waals surface area contributed by atoms with Gasteiger partial charge in [-0.1, -0.05) is 0 Å². The molecular formula is C19H17F2N3O3. The second-order valence-corrected chi connectivity index (χ2v) is 6.16. The summed E-state index contributed by atoms with van der Waals surface area (Å²) in [5, 5.41) is 0.440. The van der Waals surface area contributed by atoms with Crippen LogP contribution in [-0.2, 0) is 4.74 Å². The maximum Gasteiger partial charge on any atom is 0.201 e. The molecule has 1 aliphatic heterocycles. The molecule has 0 aliphatic carbocycles. The lowest BCUT2D eigenvalue weighted by Crippen LogP contribution is -2.37. The smallest absolute Gasteiger partial charge is 0.201 e. The van der Waals surface area contributed by atoms with Gasteiger partial charge in [0.25, 0.3) is 0 Å². The molecule has 0 saturated carbocycles. The van der Waals surface area contributed by atoms with Crippen LogP contribution in [0.4, 0.5) is 14.5 Å². The molecule has 3 aromatic rings. The monoisotopic (exact) mass is 373 g/mol. The summed E-state index contributed by atoms with van der Waals surface area (Å²) in [5.41, 5.74) is 0.180. The highest BCUT2D eigenvalue weighted by Gasteiger charge is 2.26. The number of H-pyrrole nitrogens is 1. The standard InChI is InChI=1S/C19H17F2N3O3/c1-26-11-8-12-13(10-23-19(12)22-9-11)18(25)16-14(20)2-3-15(17(16)21)24-4-6-27-7-5-24/h2-3,8-10H,4-7H2,1H3,(H,22,23). The minimum absolute atomic E-state index is 0.133. The number of halogens is 2. The molecule has 1 fully saturated rings. The number of methoxy groups -OCH3 is 1. The second-order valence-electron chi connectivity index (χ2n) is 6.16. The Hall–Kier alpha value is -3.00. The van der Waals surface area contributed by atoms with Crippen molar-refractivity contribution in [1.82, 2.24) is 9.97 Å². The lowest BCUT2D eigenvalue weighted by molar-refractivity contribution is 0.103. The van der Waals surface area contributed by atoms with Gasteiger partial charge in [0.15, 0.2) is 5.82 Å². The Morgan fingerprint density at radius 3 is 2.81 bits per heavy atom. The van der Waals surface area contributed by atoms with Crippen molar-refractivity contribution in [3.8, 4) is 5.75 Å². The summed E-state index contributed by atoms with van der Waals surface area (Å²) in [6.45, 7) is 1.86. The number of carbonyl (C=O) groups is 1. The van der Waals surface area contributed by atoms with Gasteiger partial charge in [0, 0.05) is 30.2 Å². The van der Waals surface area contributed by atoms with Crippen LogP contribution in [0.3, 0.4) is 0 Å². The molecular weight excluding hydrogens is 356 g/mol. The molecule has 3 heterocycles. The van der Waals surface area contributed by atoms with Gasteiger partial charge in [0.05, 0.1) is 37.8 Å². The maximum absolute atomic E-state index is 15.1. The van der Waals surface area contributed by atoms with E-state index in [9.17, 15) is 9.18 Å². The third kappa shape index (κ3) is 3.02. The number of benzene rings is 1. The average molecular weight is 373 g/mol. The first-order valence-electron chi connectivity index (χ1n) is 8.46. The molecule has 0 unspecified atom stereocenters. The van der Waals surface area contributed by atoms with Gasteiger partial charge in [0.2, 0.25) is 5.78 Å². The van der Waals surface area contributed by atoms with Gasteiger partial charge < -0.3 is 19.4 Å². The number of hydrogen-bond donors (Lipinski definition) is 1. The van der Waals surface area contributed by atoms with E-state index in [1.54, 1.807) is 11.0 Å². The Labute approximate surface area is 153 Å². The molecule has 27 heavy (non-hydrogen) atoms. The minimum atomic E-state index is -0.903. The molecule has 1 saturated heterocycles. The SMILES string of the molecule is COc1cnc2[nH]cc(C(=O)c3c(F)ccc(N4CCOCC4)c3F)c2c1. The minimum Gasteiger partial charge on any atom is -0.495 e. The van der Waals surface area contributed by atoms with E-state index in [2.05, 4.69) is 9.97 Å². The fourth-order valence-corrected chi connectivity index (χ4v) is 3.22. The van der Waals surface area contributed by atoms with E-state index >= 15 is 4.39 Å². The quantitative estimate of drug-likeness (QED) is 0.713. The molecule has 0 radical (unpaired) electrons. The van der Waals surface area contributed by atoms with E-state index in [-0.39, 0.29) is 11.3 Å². The third-order valence-corrected chi connectivity index (χ3v) is 4.64. The first-order chi connectivity index (χ1) is 13.1. The second kappa shape index (κ2) is 6.96. The van der Waals surface area contributed by atoms with Crippen molar-refractivity contribution in [2.45, 2.75) is 0 Å². The molecule has 6 nitrogen and oxygen atoms in total. The van der Waals surface area contributed by atoms with Gasteiger partial charge in [-0.3, -0.25) is 4.79 Å². The van der Waals surface area contributed by atoms with Gasteiger partial charge in [-0.15, -0.1) is 0 Å². The molecule has 4 rings (SSSR count). The van der Waals surface area contributed by atoms with Crippen LogP contribution in [0.25, 0.3) is 11.0 Å². The van der Waals surface area contributed by atoms with Crippen molar-refractivity contribution in [1.29, 1.82) is 0 Å². The number of anilines is 1. The molecule has 8 heteroatoms. The highest BCUT2D eigenvalue weighted by atomic mass is 19.1. The van der Waals surface area contributed by atoms with E-state index in [0.717, 1.165) is 6.07 Å². The molecule has 1 N–H and O–H groups in total. The topological polar surface area (TPSA) is 67.5 Å². The molecule has 0 spiro atoms.